The van der Waals surface area contributed by atoms with Crippen LogP contribution in [0.3, 0.4) is 0 Å². The van der Waals surface area contributed by atoms with Crippen molar-refractivity contribution >= 4 is 26.6 Å². The molecule has 35 heavy (non-hydrogen) atoms. The van der Waals surface area contributed by atoms with Crippen LogP contribution in [0.25, 0.3) is 11.1 Å². The Morgan fingerprint density at radius 2 is 1.54 bits per heavy atom. The minimum absolute atomic E-state index is 0.277. The van der Waals surface area contributed by atoms with Gasteiger partial charge >= 0.3 is 7.67 Å². The zero-order valence-electron chi connectivity index (χ0n) is 21.2. The first-order valence-corrected chi connectivity index (χ1v) is 17.3. The summed E-state index contributed by atoms with van der Waals surface area (Å²) in [6, 6.07) is 30.9. The summed E-state index contributed by atoms with van der Waals surface area (Å²) in [5, 5.41) is 1.32. The molecule has 3 aromatic rings. The van der Waals surface area contributed by atoms with E-state index in [1.54, 1.807) is 0 Å². The fraction of sp³-hybridized carbons (Fsp3) is 0.379. The van der Waals surface area contributed by atoms with Crippen LogP contribution in [-0.4, -0.2) is 31.9 Å². The van der Waals surface area contributed by atoms with E-state index < -0.39 is 15.7 Å². The van der Waals surface area contributed by atoms with Gasteiger partial charge in [-0.05, 0) is 35.7 Å². The van der Waals surface area contributed by atoms with Gasteiger partial charge in [0.25, 0.3) is 0 Å². The topological polar surface area (TPSA) is 32.8 Å². The van der Waals surface area contributed by atoms with E-state index in [1.165, 1.54) is 5.19 Å². The summed E-state index contributed by atoms with van der Waals surface area (Å²) >= 11 is 0. The number of nitrogens with zero attached hydrogens (tertiary/aromatic N) is 2. The maximum Gasteiger partial charge on any atom is 0.422 e. The van der Waals surface area contributed by atoms with Crippen LogP contribution in [0.1, 0.15) is 33.6 Å². The highest BCUT2D eigenvalue weighted by Crippen LogP contribution is 2.63. The molecule has 0 radical (unpaired) electrons. The second-order valence-corrected chi connectivity index (χ2v) is 17.2. The summed E-state index contributed by atoms with van der Waals surface area (Å²) in [5.74, 6) is 0.854. The van der Waals surface area contributed by atoms with Crippen LogP contribution in [0, 0.1) is 0 Å². The molecule has 0 aromatic heterocycles. The molecular weight excluding hydrogens is 467 g/mol. The summed E-state index contributed by atoms with van der Waals surface area (Å²) in [7, 11) is -5.14. The lowest BCUT2D eigenvalue weighted by atomic mass is 10.1. The highest BCUT2D eigenvalue weighted by molar-refractivity contribution is 7.59. The van der Waals surface area contributed by atoms with Crippen molar-refractivity contribution in [2.24, 2.45) is 0 Å². The molecule has 0 aliphatic carbocycles. The van der Waals surface area contributed by atoms with Gasteiger partial charge in [0.15, 0.2) is 0 Å². The predicted octanol–water partition coefficient (Wildman–Crippen LogP) is 7.54. The normalized spacial score (nSPS) is 22.4. The van der Waals surface area contributed by atoms with E-state index in [4.69, 9.17) is 4.52 Å². The molecule has 2 unspecified atom stereocenters. The van der Waals surface area contributed by atoms with Crippen molar-refractivity contribution in [3.8, 4) is 16.9 Å². The van der Waals surface area contributed by atoms with Crippen molar-refractivity contribution < 1.29 is 9.09 Å². The first kappa shape index (κ1) is 24.4. The summed E-state index contributed by atoms with van der Waals surface area (Å²) in [4.78, 5) is 0. The summed E-state index contributed by atoms with van der Waals surface area (Å²) in [6.45, 7) is 8.54. The Labute approximate surface area is 211 Å². The summed E-state index contributed by atoms with van der Waals surface area (Å²) in [6.07, 6.45) is 2.15. The number of anilines is 1. The molecule has 2 heterocycles. The Hall–Kier alpha value is -2.33. The largest absolute Gasteiger partial charge is 0.422 e. The first-order valence-electron chi connectivity index (χ1n) is 13.1. The van der Waals surface area contributed by atoms with E-state index in [0.29, 0.717) is 0 Å². The molecule has 0 N–H and O–H groups in total. The van der Waals surface area contributed by atoms with E-state index >= 15 is 4.57 Å². The van der Waals surface area contributed by atoms with Gasteiger partial charge in [0, 0.05) is 30.4 Å². The monoisotopic (exact) mass is 504 g/mol. The molecule has 0 spiro atoms. The highest BCUT2D eigenvalue weighted by Gasteiger charge is 2.54. The minimum atomic E-state index is -3.31. The van der Waals surface area contributed by atoms with E-state index in [1.807, 2.05) is 24.3 Å². The first-order chi connectivity index (χ1) is 17.1. The van der Waals surface area contributed by atoms with Gasteiger partial charge in [-0.15, -0.1) is 0 Å². The zero-order valence-corrected chi connectivity index (χ0v) is 23.1. The van der Waals surface area contributed by atoms with Gasteiger partial charge in [-0.25, -0.2) is 4.57 Å². The van der Waals surface area contributed by atoms with Crippen molar-refractivity contribution in [2.75, 3.05) is 17.8 Å². The summed E-state index contributed by atoms with van der Waals surface area (Å²) < 4.78 is 26.4. The molecule has 0 saturated carbocycles. The van der Waals surface area contributed by atoms with E-state index in [9.17, 15) is 0 Å². The number of fused-ring (bicyclic) bond motifs is 1. The zero-order chi connectivity index (χ0) is 24.5. The van der Waals surface area contributed by atoms with Crippen LogP contribution >= 0.6 is 7.67 Å². The van der Waals surface area contributed by atoms with Crippen molar-refractivity contribution in [1.82, 2.24) is 4.67 Å². The number of benzene rings is 3. The Kier molecular flexibility index (Phi) is 6.94. The summed E-state index contributed by atoms with van der Waals surface area (Å²) in [5.41, 5.74) is 3.15. The SMILES string of the molecule is CC[Si](CC)(CC)c1cccc(-c2ccccc2)c1OP1(=O)N(c2ccccc2)CC2CCCN21. The van der Waals surface area contributed by atoms with Gasteiger partial charge in [-0.1, -0.05) is 106 Å². The van der Waals surface area contributed by atoms with Gasteiger partial charge < -0.3 is 4.52 Å². The maximum atomic E-state index is 15.1. The number of para-hydroxylation sites is 2. The molecule has 0 bridgehead atoms. The molecule has 184 valence electrons. The van der Waals surface area contributed by atoms with Gasteiger partial charge in [-0.3, -0.25) is 4.67 Å². The van der Waals surface area contributed by atoms with Crippen molar-refractivity contribution in [1.29, 1.82) is 0 Å². The van der Waals surface area contributed by atoms with Crippen LogP contribution < -0.4 is 14.4 Å². The van der Waals surface area contributed by atoms with Gasteiger partial charge in [0.2, 0.25) is 0 Å². The number of hydrogen-bond donors (Lipinski definition) is 0. The lowest BCUT2D eigenvalue weighted by Crippen LogP contribution is -2.46. The molecule has 6 heteroatoms. The van der Waals surface area contributed by atoms with Crippen LogP contribution in [0.15, 0.2) is 78.9 Å². The van der Waals surface area contributed by atoms with Crippen LogP contribution in [0.5, 0.6) is 5.75 Å². The minimum Gasteiger partial charge on any atom is -0.417 e. The van der Waals surface area contributed by atoms with E-state index in [0.717, 1.165) is 66.6 Å². The van der Waals surface area contributed by atoms with Crippen molar-refractivity contribution in [3.63, 3.8) is 0 Å². The molecule has 2 aliphatic rings. The molecule has 2 saturated heterocycles. The quantitative estimate of drug-likeness (QED) is 0.234. The molecular formula is C29H37N2O2PSi. The van der Waals surface area contributed by atoms with Crippen LogP contribution in [0.4, 0.5) is 5.69 Å². The lowest BCUT2D eigenvalue weighted by Gasteiger charge is -2.35. The van der Waals surface area contributed by atoms with Crippen molar-refractivity contribution in [2.45, 2.75) is 57.8 Å². The number of rotatable bonds is 8. The van der Waals surface area contributed by atoms with Crippen LogP contribution in [0.2, 0.25) is 18.1 Å². The second-order valence-electron chi connectivity index (χ2n) is 9.85. The molecule has 2 aliphatic heterocycles. The Morgan fingerprint density at radius 3 is 2.20 bits per heavy atom. The third-order valence-corrected chi connectivity index (χ3v) is 16.5. The average molecular weight is 505 g/mol. The third-order valence-electron chi connectivity index (χ3n) is 8.33. The molecule has 2 fully saturated rings. The Bertz CT molecular complexity index is 1190. The standard InChI is InChI=1S/C29H37N2O2PSi/c1-4-35(5-2,6-3)28-21-13-20-27(24-15-9-7-10-16-24)29(28)33-34(32)30-22-14-19-26(30)23-31(34)25-17-11-8-12-18-25/h7-13,15-18,20-21,26H,4-6,14,19,22-23H2,1-3H3. The van der Waals surface area contributed by atoms with Crippen molar-refractivity contribution in [3.05, 3.63) is 78.9 Å². The molecule has 0 amide bonds. The predicted molar refractivity (Wildman–Crippen MR) is 150 cm³/mol. The maximum absolute atomic E-state index is 15.1. The van der Waals surface area contributed by atoms with E-state index in [-0.39, 0.29) is 6.04 Å². The third kappa shape index (κ3) is 4.18. The number of hydrogen-bond acceptors (Lipinski definition) is 2. The Balaban J connectivity index is 1.70. The lowest BCUT2D eigenvalue weighted by molar-refractivity contribution is 0.375. The van der Waals surface area contributed by atoms with E-state index in [2.05, 4.69) is 84.7 Å². The molecule has 4 nitrogen and oxygen atoms in total. The van der Waals surface area contributed by atoms with Gasteiger partial charge in [0.05, 0.1) is 8.07 Å². The fourth-order valence-electron chi connectivity index (χ4n) is 6.07. The smallest absolute Gasteiger partial charge is 0.417 e. The average Bonchev–Trinajstić information content (AvgIpc) is 3.49. The molecule has 5 rings (SSSR count). The molecule has 3 aromatic carbocycles. The fourth-order valence-corrected chi connectivity index (χ4v) is 12.6. The highest BCUT2D eigenvalue weighted by atomic mass is 31.2. The Morgan fingerprint density at radius 1 is 0.886 bits per heavy atom. The van der Waals surface area contributed by atoms with Gasteiger partial charge in [0.1, 0.15) is 5.75 Å². The van der Waals surface area contributed by atoms with Gasteiger partial charge in [-0.2, -0.15) is 4.67 Å². The molecule has 2 atom stereocenters. The van der Waals surface area contributed by atoms with Crippen LogP contribution in [-0.2, 0) is 4.57 Å². The second kappa shape index (κ2) is 9.97.